The third kappa shape index (κ3) is 3.62. The van der Waals surface area contributed by atoms with Gasteiger partial charge in [0.05, 0.1) is 23.1 Å². The lowest BCUT2D eigenvalue weighted by molar-refractivity contribution is -0.105. The number of carbonyl (C=O) groups is 1. The molecule has 0 unspecified atom stereocenters. The molecule has 0 spiro atoms. The molecule has 5 rings (SSSR count). The molecule has 170 valence electrons. The van der Waals surface area contributed by atoms with Crippen LogP contribution in [0.3, 0.4) is 0 Å². The zero-order chi connectivity index (χ0) is 24.0. The van der Waals surface area contributed by atoms with Crippen LogP contribution >= 0.6 is 0 Å². The molecule has 1 amide bonds. The SMILES string of the molecule is [B][C@]1(C)Oc2cc(cnc2NC=O)-c2c(cnn2CC)Cc2nn(C)nc2-c2ccc(F)cc21. The van der Waals surface area contributed by atoms with Gasteiger partial charge in [-0.15, -0.1) is 0 Å². The number of benzene rings is 1. The minimum atomic E-state index is -1.50. The van der Waals surface area contributed by atoms with Gasteiger partial charge in [0.2, 0.25) is 6.41 Å². The third-order valence-electron chi connectivity index (χ3n) is 5.77. The van der Waals surface area contributed by atoms with E-state index in [0.717, 1.165) is 16.8 Å². The molecule has 3 aromatic heterocycles. The van der Waals surface area contributed by atoms with Crippen molar-refractivity contribution in [2.24, 2.45) is 7.05 Å². The number of nitrogens with zero attached hydrogens (tertiary/aromatic N) is 6. The molecule has 0 saturated carbocycles. The predicted molar refractivity (Wildman–Crippen MR) is 124 cm³/mol. The highest BCUT2D eigenvalue weighted by atomic mass is 19.1. The van der Waals surface area contributed by atoms with E-state index in [-0.39, 0.29) is 11.6 Å². The lowest BCUT2D eigenvalue weighted by Crippen LogP contribution is -2.31. The standard InChI is InChI=1S/C23H21BFN7O2/c1-4-32-21-13(11-28-32)7-18-20(30-31(3)29-18)16-6-5-15(25)9-17(16)23(2,24)34-19-8-14(21)10-26-22(19)27-12-33/h5-6,8-12H,4,7H2,1-3H3,(H,26,27,33)/t23-/m1/s1. The Balaban J connectivity index is 1.84. The van der Waals surface area contributed by atoms with Gasteiger partial charge in [0.15, 0.2) is 11.6 Å². The summed E-state index contributed by atoms with van der Waals surface area (Å²) in [5.74, 6) is -0.0458. The van der Waals surface area contributed by atoms with Crippen molar-refractivity contribution in [1.82, 2.24) is 29.8 Å². The molecule has 1 N–H and O–H groups in total. The third-order valence-corrected chi connectivity index (χ3v) is 5.77. The lowest BCUT2D eigenvalue weighted by atomic mass is 9.74. The van der Waals surface area contributed by atoms with Gasteiger partial charge < -0.3 is 10.1 Å². The number of ether oxygens (including phenoxy) is 1. The first-order valence-electron chi connectivity index (χ1n) is 10.7. The normalized spacial score (nSPS) is 16.8. The van der Waals surface area contributed by atoms with E-state index in [4.69, 9.17) is 12.6 Å². The van der Waals surface area contributed by atoms with Crippen molar-refractivity contribution in [1.29, 1.82) is 0 Å². The van der Waals surface area contributed by atoms with Gasteiger partial charge in [-0.1, -0.05) is 0 Å². The van der Waals surface area contributed by atoms with Gasteiger partial charge in [-0.2, -0.15) is 20.1 Å². The number of fused-ring (bicyclic) bond motifs is 7. The van der Waals surface area contributed by atoms with E-state index in [9.17, 15) is 9.18 Å². The van der Waals surface area contributed by atoms with E-state index in [1.165, 1.54) is 16.9 Å². The number of halogens is 1. The molecule has 2 bridgehead atoms. The van der Waals surface area contributed by atoms with Gasteiger partial charge >= 0.3 is 0 Å². The Kier molecular flexibility index (Phi) is 5.19. The zero-order valence-electron chi connectivity index (χ0n) is 18.9. The summed E-state index contributed by atoms with van der Waals surface area (Å²) in [5, 5.41) is 16.2. The quantitative estimate of drug-likeness (QED) is 0.375. The predicted octanol–water partition coefficient (Wildman–Crippen LogP) is 2.79. The summed E-state index contributed by atoms with van der Waals surface area (Å²) in [4.78, 5) is 17.1. The smallest absolute Gasteiger partial charge is 0.212 e. The summed E-state index contributed by atoms with van der Waals surface area (Å²) in [5.41, 5.74) is 3.20. The van der Waals surface area contributed by atoms with Gasteiger partial charge in [-0.3, -0.25) is 9.48 Å². The largest absolute Gasteiger partial charge is 0.489 e. The fourth-order valence-corrected chi connectivity index (χ4v) is 4.32. The summed E-state index contributed by atoms with van der Waals surface area (Å²) in [6, 6.07) is 6.04. The lowest BCUT2D eigenvalue weighted by Gasteiger charge is -2.31. The van der Waals surface area contributed by atoms with Gasteiger partial charge in [0.25, 0.3) is 0 Å². The van der Waals surface area contributed by atoms with Crippen LogP contribution in [0.1, 0.15) is 30.7 Å². The molecule has 1 aliphatic heterocycles. The van der Waals surface area contributed by atoms with Crippen LogP contribution in [-0.4, -0.2) is 44.0 Å². The number of carbonyl (C=O) groups excluding carboxylic acids is 1. The molecular weight excluding hydrogens is 436 g/mol. The number of hydrogen-bond donors (Lipinski definition) is 1. The Morgan fingerprint density at radius 1 is 1.29 bits per heavy atom. The van der Waals surface area contributed by atoms with Gasteiger partial charge in [0, 0.05) is 42.9 Å². The molecular formula is C23H21BFN7O2. The van der Waals surface area contributed by atoms with Crippen molar-refractivity contribution in [3.63, 3.8) is 0 Å². The first-order chi connectivity index (χ1) is 16.3. The van der Waals surface area contributed by atoms with E-state index >= 15 is 0 Å². The molecule has 0 saturated heterocycles. The topological polar surface area (TPSA) is 99.7 Å². The Bertz CT molecular complexity index is 1410. The monoisotopic (exact) mass is 457 g/mol. The van der Waals surface area contributed by atoms with Crippen molar-refractivity contribution in [2.75, 3.05) is 5.32 Å². The molecule has 11 heteroatoms. The number of nitrogens with one attached hydrogen (secondary N) is 1. The second-order valence-corrected chi connectivity index (χ2v) is 8.23. The molecule has 34 heavy (non-hydrogen) atoms. The highest BCUT2D eigenvalue weighted by molar-refractivity contribution is 6.15. The molecule has 0 aliphatic carbocycles. The second-order valence-electron chi connectivity index (χ2n) is 8.23. The number of hydrogen-bond acceptors (Lipinski definition) is 6. The first-order valence-corrected chi connectivity index (χ1v) is 10.7. The number of aromatic nitrogens is 6. The van der Waals surface area contributed by atoms with Gasteiger partial charge in [-0.05, 0) is 43.7 Å². The molecule has 4 aromatic rings. The van der Waals surface area contributed by atoms with Crippen LogP contribution < -0.4 is 10.1 Å². The Morgan fingerprint density at radius 3 is 2.88 bits per heavy atom. The average molecular weight is 457 g/mol. The van der Waals surface area contributed by atoms with Gasteiger partial charge in [-0.25, -0.2) is 9.37 Å². The van der Waals surface area contributed by atoms with Crippen molar-refractivity contribution < 1.29 is 13.9 Å². The van der Waals surface area contributed by atoms with Crippen molar-refractivity contribution >= 4 is 20.1 Å². The molecule has 2 radical (unpaired) electrons. The van der Waals surface area contributed by atoms with Gasteiger partial charge in [0.1, 0.15) is 19.4 Å². The van der Waals surface area contributed by atoms with E-state index in [2.05, 4.69) is 25.6 Å². The van der Waals surface area contributed by atoms with E-state index < -0.39 is 11.3 Å². The maximum atomic E-state index is 14.4. The summed E-state index contributed by atoms with van der Waals surface area (Å²) in [6.45, 7) is 4.24. The molecule has 1 aromatic carbocycles. The highest BCUT2D eigenvalue weighted by Gasteiger charge is 2.31. The number of anilines is 1. The number of rotatable bonds is 3. The average Bonchev–Trinajstić information content (AvgIpc) is 3.37. The van der Waals surface area contributed by atoms with Crippen LogP contribution in [-0.2, 0) is 30.3 Å². The summed E-state index contributed by atoms with van der Waals surface area (Å²) < 4.78 is 22.5. The van der Waals surface area contributed by atoms with E-state index in [1.54, 1.807) is 38.5 Å². The number of aryl methyl sites for hydroxylation is 2. The number of pyridine rings is 1. The zero-order valence-corrected chi connectivity index (χ0v) is 18.9. The van der Waals surface area contributed by atoms with Crippen LogP contribution in [0.4, 0.5) is 10.2 Å². The Morgan fingerprint density at radius 2 is 2.12 bits per heavy atom. The minimum Gasteiger partial charge on any atom is -0.489 e. The summed E-state index contributed by atoms with van der Waals surface area (Å²) in [7, 11) is 8.36. The Labute approximate surface area is 196 Å². The van der Waals surface area contributed by atoms with Crippen LogP contribution in [0.15, 0.2) is 36.7 Å². The van der Waals surface area contributed by atoms with Crippen LogP contribution in [0.25, 0.3) is 22.5 Å². The minimum absolute atomic E-state index is 0.190. The van der Waals surface area contributed by atoms with E-state index in [0.29, 0.717) is 41.9 Å². The fourth-order valence-electron chi connectivity index (χ4n) is 4.32. The van der Waals surface area contributed by atoms with Crippen LogP contribution in [0.2, 0.25) is 0 Å². The fraction of sp³-hybridized carbons (Fsp3) is 0.261. The maximum absolute atomic E-state index is 14.4. The van der Waals surface area contributed by atoms with Crippen LogP contribution in [0, 0.1) is 5.82 Å². The summed E-state index contributed by atoms with van der Waals surface area (Å²) >= 11 is 0. The molecule has 4 heterocycles. The van der Waals surface area contributed by atoms with E-state index in [1.807, 2.05) is 11.6 Å². The Hall–Kier alpha value is -4.02. The first kappa shape index (κ1) is 21.8. The van der Waals surface area contributed by atoms with Crippen LogP contribution in [0.5, 0.6) is 5.75 Å². The van der Waals surface area contributed by atoms with Crippen molar-refractivity contribution in [3.05, 3.63) is 59.3 Å². The maximum Gasteiger partial charge on any atom is 0.212 e. The number of amides is 1. The van der Waals surface area contributed by atoms with Crippen molar-refractivity contribution in [3.8, 4) is 28.3 Å². The second kappa shape index (κ2) is 8.09. The molecule has 0 fully saturated rings. The molecule has 9 nitrogen and oxygen atoms in total. The van der Waals surface area contributed by atoms with Crippen molar-refractivity contribution in [2.45, 2.75) is 32.3 Å². The highest BCUT2D eigenvalue weighted by Crippen LogP contribution is 2.39. The molecule has 1 aliphatic rings. The molecule has 1 atom stereocenters. The summed E-state index contributed by atoms with van der Waals surface area (Å²) in [6.07, 6.45) is 4.37.